The fourth-order valence-electron chi connectivity index (χ4n) is 1.62. The molecule has 0 saturated heterocycles. The van der Waals surface area contributed by atoms with Gasteiger partial charge in [0, 0.05) is 0 Å². The van der Waals surface area contributed by atoms with Gasteiger partial charge in [0.15, 0.2) is 6.54 Å². The number of aliphatic hydroxyl groups excluding tert-OH is 1. The third-order valence-electron chi connectivity index (χ3n) is 2.59. The van der Waals surface area contributed by atoms with Crippen molar-refractivity contribution in [1.29, 1.82) is 0 Å². The van der Waals surface area contributed by atoms with Gasteiger partial charge in [0.05, 0.1) is 21.1 Å². The normalized spacial score (nSPS) is 14.1. The Balaban J connectivity index is 3.91. The molecule has 1 atom stereocenters. The lowest BCUT2D eigenvalue weighted by molar-refractivity contribution is -0.861. The topological polar surface area (TPSA) is 43.3 Å². The van der Waals surface area contributed by atoms with Gasteiger partial charge in [-0.05, 0) is 18.9 Å². The highest BCUT2D eigenvalue weighted by molar-refractivity contribution is 7.54. The molecule has 0 spiro atoms. The third kappa shape index (κ3) is 10.9. The minimum atomic E-state index is -1.71. The van der Waals surface area contributed by atoms with Gasteiger partial charge in [0.2, 0.25) is 0 Å². The Labute approximate surface area is 113 Å². The Morgan fingerprint density at radius 2 is 1.78 bits per heavy atom. The van der Waals surface area contributed by atoms with Gasteiger partial charge in [0.1, 0.15) is 13.6 Å². The van der Waals surface area contributed by atoms with Gasteiger partial charge in [-0.25, -0.2) is 0 Å². The number of hydrogen-bond acceptors (Lipinski definition) is 1. The zero-order valence-corrected chi connectivity index (χ0v) is 13.2. The second kappa shape index (κ2) is 9.69. The summed E-state index contributed by atoms with van der Waals surface area (Å²) in [6, 6.07) is 0. The van der Waals surface area contributed by atoms with Gasteiger partial charge in [-0.2, -0.15) is 0 Å². The summed E-state index contributed by atoms with van der Waals surface area (Å²) in [6.07, 6.45) is 9.14. The van der Waals surface area contributed by atoms with E-state index in [2.05, 4.69) is 6.92 Å². The molecule has 4 heteroatoms. The molecule has 0 rings (SSSR count). The van der Waals surface area contributed by atoms with E-state index in [4.69, 9.17) is 0 Å². The molecule has 0 radical (unpaired) electrons. The highest BCUT2D eigenvalue weighted by atomic mass is 31.1. The lowest BCUT2D eigenvalue weighted by Crippen LogP contribution is -2.39. The van der Waals surface area contributed by atoms with Crippen LogP contribution >= 0.6 is 7.77 Å². The molecule has 0 fully saturated rings. The smallest absolute Gasteiger partial charge is 0.279 e. The molecule has 0 heterocycles. The number of quaternary nitrogens is 1. The second-order valence-electron chi connectivity index (χ2n) is 5.78. The van der Waals surface area contributed by atoms with E-state index in [-0.39, 0.29) is 5.48 Å². The van der Waals surface area contributed by atoms with Crippen LogP contribution in [0.4, 0.5) is 0 Å². The highest BCUT2D eigenvalue weighted by Crippen LogP contribution is 2.17. The fraction of sp³-hybridized carbons (Fsp3) is 0.786. The van der Waals surface area contributed by atoms with Crippen molar-refractivity contribution in [3.05, 3.63) is 11.9 Å². The van der Waals surface area contributed by atoms with Gasteiger partial charge >= 0.3 is 0 Å². The van der Waals surface area contributed by atoms with E-state index in [0.29, 0.717) is 11.0 Å². The van der Waals surface area contributed by atoms with Crippen molar-refractivity contribution < 1.29 is 14.5 Å². The monoisotopic (exact) mass is 274 g/mol. The van der Waals surface area contributed by atoms with Gasteiger partial charge in [0.25, 0.3) is 5.48 Å². The number of allylic oxidation sites excluding steroid dienone is 1. The lowest BCUT2D eigenvalue weighted by Gasteiger charge is -2.21. The Hall–Kier alpha value is -0.210. The van der Waals surface area contributed by atoms with E-state index in [1.165, 1.54) is 25.7 Å². The van der Waals surface area contributed by atoms with E-state index in [1.807, 2.05) is 27.2 Å². The van der Waals surface area contributed by atoms with Gasteiger partial charge in [-0.3, -0.25) is 0 Å². The molecular formula is C14H29NO2P+. The summed E-state index contributed by atoms with van der Waals surface area (Å²) in [5.74, 6) is 1.65. The van der Waals surface area contributed by atoms with Crippen LogP contribution in [-0.4, -0.2) is 42.8 Å². The van der Waals surface area contributed by atoms with Crippen LogP contribution in [-0.2, 0) is 0 Å². The summed E-state index contributed by atoms with van der Waals surface area (Å²) in [5.41, 5.74) is 0.0970. The maximum atomic E-state index is 11.7. The van der Waals surface area contributed by atoms with Crippen molar-refractivity contribution in [3.63, 3.8) is 0 Å². The van der Waals surface area contributed by atoms with Crippen LogP contribution in [0.5, 0.6) is 0 Å². The number of hydrogen-bond donors (Lipinski definition) is 1. The number of nitrogens with zero attached hydrogens (tertiary/aromatic N) is 1. The van der Waals surface area contributed by atoms with Crippen LogP contribution in [0.3, 0.4) is 0 Å². The van der Waals surface area contributed by atoms with Gasteiger partial charge in [-0.15, -0.1) is 0 Å². The summed E-state index contributed by atoms with van der Waals surface area (Å²) in [6.45, 7) is 2.65. The maximum absolute atomic E-state index is 11.7. The average molecular weight is 274 g/mol. The predicted octanol–water partition coefficient (Wildman–Crippen LogP) is 2.83. The third-order valence-corrected chi connectivity index (χ3v) is 3.72. The number of unbranched alkanes of at least 4 members (excludes halogenated alkanes) is 5. The number of aliphatic hydroxyl groups is 1. The maximum Gasteiger partial charge on any atom is 0.279 e. The molecule has 18 heavy (non-hydrogen) atoms. The molecule has 0 amide bonds. The number of likely N-dealkylation sites (N-methyl/N-ethyl adjacent to an activating group) is 1. The quantitative estimate of drug-likeness (QED) is 0.399. The van der Waals surface area contributed by atoms with Crippen LogP contribution in [0.2, 0.25) is 0 Å². The zero-order chi connectivity index (χ0) is 14.0. The van der Waals surface area contributed by atoms with Crippen molar-refractivity contribution in [2.24, 2.45) is 0 Å². The van der Waals surface area contributed by atoms with E-state index < -0.39 is 7.77 Å². The Bertz CT molecular complexity index is 280. The molecule has 0 saturated carbocycles. The van der Waals surface area contributed by atoms with Crippen LogP contribution in [0.1, 0.15) is 45.4 Å². The first kappa shape index (κ1) is 17.8. The van der Waals surface area contributed by atoms with Crippen molar-refractivity contribution in [2.45, 2.75) is 45.4 Å². The summed E-state index contributed by atoms with van der Waals surface area (Å²) in [5, 5.41) is 9.69. The fourth-order valence-corrected chi connectivity index (χ4v) is 2.69. The molecule has 0 aromatic heterocycles. The minimum absolute atomic E-state index is 0.0970. The molecule has 0 aromatic carbocycles. The lowest BCUT2D eigenvalue weighted by atomic mass is 10.1. The van der Waals surface area contributed by atoms with E-state index >= 15 is 0 Å². The molecule has 106 valence electrons. The predicted molar refractivity (Wildman–Crippen MR) is 79.3 cm³/mol. The molecule has 3 nitrogen and oxygen atoms in total. The molecule has 1 unspecified atom stereocenters. The first-order chi connectivity index (χ1) is 8.37. The molecule has 0 aliphatic rings. The van der Waals surface area contributed by atoms with Gasteiger partial charge in [-0.1, -0.05) is 32.6 Å². The van der Waals surface area contributed by atoms with Crippen LogP contribution in [0.15, 0.2) is 11.9 Å². The van der Waals surface area contributed by atoms with Crippen molar-refractivity contribution in [1.82, 2.24) is 0 Å². The molecule has 0 aliphatic carbocycles. The molecule has 1 N–H and O–H groups in total. The highest BCUT2D eigenvalue weighted by Gasteiger charge is 2.15. The SMILES string of the molecule is CCCCCCCC=C[P+]([O-])=C(O)C[N+](C)(C)C. The summed E-state index contributed by atoms with van der Waals surface area (Å²) in [4.78, 5) is 11.7. The summed E-state index contributed by atoms with van der Waals surface area (Å²) in [7, 11) is 4.20. The summed E-state index contributed by atoms with van der Waals surface area (Å²) < 4.78 is 0.595. The van der Waals surface area contributed by atoms with Crippen molar-refractivity contribution >= 4 is 13.3 Å². The van der Waals surface area contributed by atoms with E-state index in [0.717, 1.165) is 12.8 Å². The van der Waals surface area contributed by atoms with E-state index in [1.54, 1.807) is 5.82 Å². The van der Waals surface area contributed by atoms with Gasteiger partial charge < -0.3 is 14.5 Å². The Kier molecular flexibility index (Phi) is 9.57. The Morgan fingerprint density at radius 3 is 2.33 bits per heavy atom. The molecule has 0 aliphatic heterocycles. The number of rotatable bonds is 9. The molecule has 0 bridgehead atoms. The second-order valence-corrected chi connectivity index (χ2v) is 7.24. The van der Waals surface area contributed by atoms with Crippen LogP contribution in [0.25, 0.3) is 0 Å². The summed E-state index contributed by atoms with van der Waals surface area (Å²) >= 11 is 0. The zero-order valence-electron chi connectivity index (χ0n) is 12.4. The standard InChI is InChI=1S/C14H28NO2P/c1-5-6-7-8-9-10-11-12-18(17)14(16)13-15(2,3)4/h11-12H,5-10,13H2,1-4H3/p+1. The largest absolute Gasteiger partial charge is 0.624 e. The average Bonchev–Trinajstić information content (AvgIpc) is 2.25. The first-order valence-corrected chi connectivity index (χ1v) is 8.18. The van der Waals surface area contributed by atoms with Crippen molar-refractivity contribution in [3.8, 4) is 0 Å². The molecule has 0 aromatic rings. The first-order valence-electron chi connectivity index (χ1n) is 6.85. The van der Waals surface area contributed by atoms with E-state index in [9.17, 15) is 10.00 Å². The Morgan fingerprint density at radius 1 is 1.17 bits per heavy atom. The molecular weight excluding hydrogens is 245 g/mol. The minimum Gasteiger partial charge on any atom is -0.624 e. The van der Waals surface area contributed by atoms with Crippen LogP contribution in [0, 0.1) is 0 Å². The van der Waals surface area contributed by atoms with Crippen molar-refractivity contribution in [2.75, 3.05) is 27.7 Å². The van der Waals surface area contributed by atoms with Crippen LogP contribution < -0.4 is 4.89 Å².